The van der Waals surface area contributed by atoms with E-state index in [2.05, 4.69) is 10.3 Å². The number of nitrogens with zero attached hydrogens (tertiary/aromatic N) is 3. The standard InChI is InChI=1S/C9H12N4O2/c1-15-5-3-12-9(14)7-13-4-2-11-8(13)6-10/h2,4H,3,5,7H2,1H3,(H,12,14). The van der Waals surface area contributed by atoms with Crippen LogP contribution in [0.15, 0.2) is 12.4 Å². The van der Waals surface area contributed by atoms with Crippen LogP contribution in [-0.4, -0.2) is 35.7 Å². The van der Waals surface area contributed by atoms with Crippen LogP contribution in [0.5, 0.6) is 0 Å². The molecule has 0 fully saturated rings. The van der Waals surface area contributed by atoms with Crippen LogP contribution in [0.4, 0.5) is 0 Å². The maximum Gasteiger partial charge on any atom is 0.240 e. The highest BCUT2D eigenvalue weighted by Gasteiger charge is 2.05. The second-order valence-corrected chi connectivity index (χ2v) is 2.83. The van der Waals surface area contributed by atoms with E-state index in [1.807, 2.05) is 6.07 Å². The van der Waals surface area contributed by atoms with Crippen molar-refractivity contribution in [2.75, 3.05) is 20.3 Å². The lowest BCUT2D eigenvalue weighted by atomic mass is 10.5. The summed E-state index contributed by atoms with van der Waals surface area (Å²) in [6, 6.07) is 1.90. The molecule has 0 spiro atoms. The Balaban J connectivity index is 2.42. The van der Waals surface area contributed by atoms with Crippen molar-refractivity contribution in [2.24, 2.45) is 0 Å². The van der Waals surface area contributed by atoms with Gasteiger partial charge < -0.3 is 14.6 Å². The highest BCUT2D eigenvalue weighted by Crippen LogP contribution is 1.94. The van der Waals surface area contributed by atoms with E-state index in [1.165, 1.54) is 10.8 Å². The Morgan fingerprint density at radius 1 is 1.80 bits per heavy atom. The summed E-state index contributed by atoms with van der Waals surface area (Å²) in [4.78, 5) is 15.1. The molecule has 1 rings (SSSR count). The minimum atomic E-state index is -0.165. The highest BCUT2D eigenvalue weighted by atomic mass is 16.5. The van der Waals surface area contributed by atoms with Gasteiger partial charge in [0.05, 0.1) is 6.61 Å². The molecule has 1 heterocycles. The Bertz CT molecular complexity index is 366. The van der Waals surface area contributed by atoms with E-state index in [1.54, 1.807) is 13.3 Å². The first-order valence-electron chi connectivity index (χ1n) is 4.44. The highest BCUT2D eigenvalue weighted by molar-refractivity contribution is 5.75. The zero-order valence-corrected chi connectivity index (χ0v) is 8.43. The zero-order chi connectivity index (χ0) is 11.1. The molecule has 0 unspecified atom stereocenters. The fourth-order valence-corrected chi connectivity index (χ4v) is 1.05. The number of methoxy groups -OCH3 is 1. The molecule has 0 aliphatic rings. The van der Waals surface area contributed by atoms with Gasteiger partial charge in [-0.25, -0.2) is 4.98 Å². The Morgan fingerprint density at radius 3 is 3.27 bits per heavy atom. The molecule has 6 nitrogen and oxygen atoms in total. The number of carbonyl (C=O) groups excluding carboxylic acids is 1. The molecule has 1 aromatic heterocycles. The predicted molar refractivity (Wildman–Crippen MR) is 51.8 cm³/mol. The predicted octanol–water partition coefficient (Wildman–Crippen LogP) is -0.483. The summed E-state index contributed by atoms with van der Waals surface area (Å²) in [6.07, 6.45) is 3.08. The number of imidazole rings is 1. The Morgan fingerprint density at radius 2 is 2.60 bits per heavy atom. The smallest absolute Gasteiger partial charge is 0.240 e. The van der Waals surface area contributed by atoms with Gasteiger partial charge in [-0.05, 0) is 0 Å². The second kappa shape index (κ2) is 5.78. The molecular formula is C9H12N4O2. The van der Waals surface area contributed by atoms with Gasteiger partial charge >= 0.3 is 0 Å². The van der Waals surface area contributed by atoms with Crippen LogP contribution in [0.3, 0.4) is 0 Å². The minimum absolute atomic E-state index is 0.104. The first kappa shape index (κ1) is 11.2. The number of aromatic nitrogens is 2. The van der Waals surface area contributed by atoms with Crippen LogP contribution in [0.2, 0.25) is 0 Å². The van der Waals surface area contributed by atoms with Crippen LogP contribution in [0.1, 0.15) is 5.82 Å². The Labute approximate surface area is 87.5 Å². The number of ether oxygens (including phenoxy) is 1. The number of carbonyl (C=O) groups is 1. The summed E-state index contributed by atoms with van der Waals surface area (Å²) in [6.45, 7) is 1.04. The molecule has 1 aromatic rings. The van der Waals surface area contributed by atoms with Crippen molar-refractivity contribution >= 4 is 5.91 Å². The monoisotopic (exact) mass is 208 g/mol. The zero-order valence-electron chi connectivity index (χ0n) is 8.43. The van der Waals surface area contributed by atoms with E-state index in [4.69, 9.17) is 10.00 Å². The van der Waals surface area contributed by atoms with Crippen molar-refractivity contribution in [3.8, 4) is 6.07 Å². The van der Waals surface area contributed by atoms with Crippen LogP contribution in [-0.2, 0) is 16.1 Å². The van der Waals surface area contributed by atoms with E-state index in [0.717, 1.165) is 0 Å². The van der Waals surface area contributed by atoms with Crippen molar-refractivity contribution in [1.82, 2.24) is 14.9 Å². The Hall–Kier alpha value is -1.87. The number of nitriles is 1. The summed E-state index contributed by atoms with van der Waals surface area (Å²) < 4.78 is 6.27. The van der Waals surface area contributed by atoms with Gasteiger partial charge in [0.15, 0.2) is 0 Å². The van der Waals surface area contributed by atoms with Gasteiger partial charge in [0.1, 0.15) is 12.6 Å². The number of hydrogen-bond donors (Lipinski definition) is 1. The minimum Gasteiger partial charge on any atom is -0.383 e. The summed E-state index contributed by atoms with van der Waals surface area (Å²) in [5.74, 6) is 0.0680. The molecule has 80 valence electrons. The molecule has 1 amide bonds. The summed E-state index contributed by atoms with van der Waals surface area (Å²) in [5, 5.41) is 11.3. The Kier molecular flexibility index (Phi) is 4.31. The molecule has 0 saturated carbocycles. The van der Waals surface area contributed by atoms with Gasteiger partial charge in [0.25, 0.3) is 0 Å². The SMILES string of the molecule is COCCNC(=O)Cn1ccnc1C#N. The first-order chi connectivity index (χ1) is 7.27. The molecule has 15 heavy (non-hydrogen) atoms. The largest absolute Gasteiger partial charge is 0.383 e. The number of nitrogens with one attached hydrogen (secondary N) is 1. The number of hydrogen-bond acceptors (Lipinski definition) is 4. The third-order valence-electron chi connectivity index (χ3n) is 1.76. The molecule has 0 atom stereocenters. The number of amides is 1. The molecule has 0 saturated heterocycles. The summed E-state index contributed by atoms with van der Waals surface area (Å²) in [5.41, 5.74) is 0. The van der Waals surface area contributed by atoms with Crippen molar-refractivity contribution in [1.29, 1.82) is 5.26 Å². The fraction of sp³-hybridized carbons (Fsp3) is 0.444. The van der Waals surface area contributed by atoms with Gasteiger partial charge in [0.2, 0.25) is 11.7 Å². The third-order valence-corrected chi connectivity index (χ3v) is 1.76. The van der Waals surface area contributed by atoms with E-state index in [9.17, 15) is 4.79 Å². The van der Waals surface area contributed by atoms with Gasteiger partial charge in [-0.3, -0.25) is 4.79 Å². The lowest BCUT2D eigenvalue weighted by Crippen LogP contribution is -2.30. The fourth-order valence-electron chi connectivity index (χ4n) is 1.05. The van der Waals surface area contributed by atoms with Gasteiger partial charge in [-0.1, -0.05) is 0 Å². The van der Waals surface area contributed by atoms with Gasteiger partial charge in [0, 0.05) is 26.0 Å². The number of rotatable bonds is 5. The molecule has 0 aliphatic carbocycles. The maximum absolute atomic E-state index is 11.3. The van der Waals surface area contributed by atoms with Crippen LogP contribution in [0, 0.1) is 11.3 Å². The quantitative estimate of drug-likeness (QED) is 0.662. The third kappa shape index (κ3) is 3.40. The molecule has 0 bridgehead atoms. The molecule has 0 aliphatic heterocycles. The van der Waals surface area contributed by atoms with E-state index in [-0.39, 0.29) is 18.3 Å². The van der Waals surface area contributed by atoms with E-state index in [0.29, 0.717) is 13.2 Å². The normalized spacial score (nSPS) is 9.60. The molecule has 0 radical (unpaired) electrons. The molecule has 6 heteroatoms. The van der Waals surface area contributed by atoms with Crippen molar-refractivity contribution in [2.45, 2.75) is 6.54 Å². The average Bonchev–Trinajstić information content (AvgIpc) is 2.65. The van der Waals surface area contributed by atoms with Crippen LogP contribution < -0.4 is 5.32 Å². The summed E-state index contributed by atoms with van der Waals surface area (Å²) >= 11 is 0. The lowest BCUT2D eigenvalue weighted by molar-refractivity contribution is -0.121. The van der Waals surface area contributed by atoms with Gasteiger partial charge in [-0.2, -0.15) is 5.26 Å². The molecule has 1 N–H and O–H groups in total. The van der Waals surface area contributed by atoms with Crippen molar-refractivity contribution < 1.29 is 9.53 Å². The summed E-state index contributed by atoms with van der Waals surface area (Å²) in [7, 11) is 1.57. The lowest BCUT2D eigenvalue weighted by Gasteiger charge is -2.05. The maximum atomic E-state index is 11.3. The first-order valence-corrected chi connectivity index (χ1v) is 4.44. The molecule has 0 aromatic carbocycles. The van der Waals surface area contributed by atoms with Crippen LogP contribution in [0.25, 0.3) is 0 Å². The second-order valence-electron chi connectivity index (χ2n) is 2.83. The van der Waals surface area contributed by atoms with E-state index >= 15 is 0 Å². The topological polar surface area (TPSA) is 79.9 Å². The van der Waals surface area contributed by atoms with Crippen LogP contribution >= 0.6 is 0 Å². The van der Waals surface area contributed by atoms with E-state index < -0.39 is 0 Å². The molecular weight excluding hydrogens is 196 g/mol. The van der Waals surface area contributed by atoms with Crippen molar-refractivity contribution in [3.63, 3.8) is 0 Å². The van der Waals surface area contributed by atoms with Crippen molar-refractivity contribution in [3.05, 3.63) is 18.2 Å². The average molecular weight is 208 g/mol. The van der Waals surface area contributed by atoms with Gasteiger partial charge in [-0.15, -0.1) is 0 Å².